The molecule has 0 aliphatic carbocycles. The van der Waals surface area contributed by atoms with Crippen LogP contribution in [-0.4, -0.2) is 26.4 Å². The lowest BCUT2D eigenvalue weighted by Gasteiger charge is -2.06. The Bertz CT molecular complexity index is 610. The SMILES string of the molecule is CCn1c(CSc2ccc(C)cc2)nnc1SCC(N)=O. The molecule has 0 saturated heterocycles. The summed E-state index contributed by atoms with van der Waals surface area (Å²) in [5, 5.41) is 9.10. The molecule has 0 aliphatic heterocycles. The minimum absolute atomic E-state index is 0.225. The first kappa shape index (κ1) is 15.9. The molecule has 0 bridgehead atoms. The summed E-state index contributed by atoms with van der Waals surface area (Å²) in [4.78, 5) is 12.1. The predicted molar refractivity (Wildman–Crippen MR) is 86.4 cm³/mol. The van der Waals surface area contributed by atoms with Gasteiger partial charge in [0.2, 0.25) is 5.91 Å². The van der Waals surface area contributed by atoms with Crippen molar-refractivity contribution in [3.8, 4) is 0 Å². The van der Waals surface area contributed by atoms with Gasteiger partial charge in [-0.25, -0.2) is 0 Å². The lowest BCUT2D eigenvalue weighted by molar-refractivity contribution is -0.115. The van der Waals surface area contributed by atoms with Crippen LogP contribution >= 0.6 is 23.5 Å². The number of primary amides is 1. The summed E-state index contributed by atoms with van der Waals surface area (Å²) in [5.41, 5.74) is 6.42. The zero-order valence-corrected chi connectivity index (χ0v) is 13.7. The second-order valence-electron chi connectivity index (χ2n) is 4.50. The Morgan fingerprint density at radius 3 is 2.57 bits per heavy atom. The van der Waals surface area contributed by atoms with Crippen molar-refractivity contribution in [1.82, 2.24) is 14.8 Å². The molecule has 0 saturated carbocycles. The topological polar surface area (TPSA) is 73.8 Å². The van der Waals surface area contributed by atoms with Crippen LogP contribution < -0.4 is 5.73 Å². The van der Waals surface area contributed by atoms with E-state index in [1.54, 1.807) is 11.8 Å². The monoisotopic (exact) mass is 322 g/mol. The number of aryl methyl sites for hydroxylation is 1. The number of thioether (sulfide) groups is 2. The average molecular weight is 322 g/mol. The third-order valence-corrected chi connectivity index (χ3v) is 4.84. The third-order valence-electron chi connectivity index (χ3n) is 2.84. The zero-order valence-electron chi connectivity index (χ0n) is 12.1. The summed E-state index contributed by atoms with van der Waals surface area (Å²) < 4.78 is 2.02. The van der Waals surface area contributed by atoms with Gasteiger partial charge in [-0.3, -0.25) is 4.79 Å². The van der Waals surface area contributed by atoms with Crippen molar-refractivity contribution in [2.24, 2.45) is 5.73 Å². The van der Waals surface area contributed by atoms with E-state index in [4.69, 9.17) is 5.73 Å². The van der Waals surface area contributed by atoms with Gasteiger partial charge in [0.25, 0.3) is 0 Å². The first-order chi connectivity index (χ1) is 10.1. The summed E-state index contributed by atoms with van der Waals surface area (Å²) >= 11 is 3.05. The number of nitrogens with zero attached hydrogens (tertiary/aromatic N) is 3. The van der Waals surface area contributed by atoms with E-state index in [0.717, 1.165) is 23.3 Å². The van der Waals surface area contributed by atoms with Gasteiger partial charge in [0.1, 0.15) is 5.82 Å². The highest BCUT2D eigenvalue weighted by Crippen LogP contribution is 2.24. The Morgan fingerprint density at radius 1 is 1.24 bits per heavy atom. The van der Waals surface area contributed by atoms with Crippen LogP contribution in [-0.2, 0) is 17.1 Å². The zero-order chi connectivity index (χ0) is 15.2. The van der Waals surface area contributed by atoms with E-state index in [0.29, 0.717) is 0 Å². The van der Waals surface area contributed by atoms with Crippen LogP contribution in [0, 0.1) is 6.92 Å². The molecule has 0 aliphatic rings. The minimum atomic E-state index is -0.346. The molecule has 0 atom stereocenters. The summed E-state index contributed by atoms with van der Waals surface area (Å²) in [6, 6.07) is 8.41. The highest BCUT2D eigenvalue weighted by Gasteiger charge is 2.12. The molecule has 2 rings (SSSR count). The summed E-state index contributed by atoms with van der Waals surface area (Å²) in [7, 11) is 0. The van der Waals surface area contributed by atoms with E-state index in [1.165, 1.54) is 22.2 Å². The predicted octanol–water partition coefficient (Wildman–Crippen LogP) is 2.48. The van der Waals surface area contributed by atoms with Gasteiger partial charge in [-0.2, -0.15) is 0 Å². The van der Waals surface area contributed by atoms with Crippen LogP contribution in [0.3, 0.4) is 0 Å². The maximum atomic E-state index is 10.9. The first-order valence-corrected chi connectivity index (χ1v) is 8.60. The van der Waals surface area contributed by atoms with Gasteiger partial charge in [-0.1, -0.05) is 29.5 Å². The molecule has 0 radical (unpaired) electrons. The normalized spacial score (nSPS) is 10.8. The molecule has 1 aromatic heterocycles. The van der Waals surface area contributed by atoms with Crippen molar-refractivity contribution in [1.29, 1.82) is 0 Å². The quantitative estimate of drug-likeness (QED) is 0.793. The van der Waals surface area contributed by atoms with Crippen LogP contribution in [0.1, 0.15) is 18.3 Å². The second kappa shape index (κ2) is 7.51. The Kier molecular flexibility index (Phi) is 5.69. The van der Waals surface area contributed by atoms with Crippen LogP contribution in [0.2, 0.25) is 0 Å². The van der Waals surface area contributed by atoms with Gasteiger partial charge in [0.15, 0.2) is 5.16 Å². The highest BCUT2D eigenvalue weighted by atomic mass is 32.2. The molecule has 21 heavy (non-hydrogen) atoms. The summed E-state index contributed by atoms with van der Waals surface area (Å²) in [6.45, 7) is 4.89. The van der Waals surface area contributed by atoms with Crippen LogP contribution in [0.15, 0.2) is 34.3 Å². The molecule has 1 aromatic carbocycles. The van der Waals surface area contributed by atoms with Gasteiger partial charge >= 0.3 is 0 Å². The number of hydrogen-bond donors (Lipinski definition) is 1. The van der Waals surface area contributed by atoms with E-state index in [1.807, 2.05) is 11.5 Å². The lowest BCUT2D eigenvalue weighted by atomic mass is 10.2. The van der Waals surface area contributed by atoms with E-state index in [9.17, 15) is 4.79 Å². The summed E-state index contributed by atoms with van der Waals surface area (Å²) in [6.07, 6.45) is 0. The van der Waals surface area contributed by atoms with E-state index >= 15 is 0 Å². The standard InChI is InChI=1S/C14H18N4OS2/c1-3-18-13(16-17-14(18)21-8-12(15)19)9-20-11-6-4-10(2)5-7-11/h4-7H,3,8-9H2,1-2H3,(H2,15,19). The van der Waals surface area contributed by atoms with Gasteiger partial charge in [0.05, 0.1) is 11.5 Å². The number of amides is 1. The molecule has 112 valence electrons. The third kappa shape index (κ3) is 4.50. The number of rotatable bonds is 7. The number of benzene rings is 1. The Hall–Kier alpha value is -1.47. The molecular weight excluding hydrogens is 304 g/mol. The number of carbonyl (C=O) groups is 1. The molecule has 1 amide bonds. The van der Waals surface area contributed by atoms with E-state index < -0.39 is 0 Å². The molecule has 2 aromatic rings. The van der Waals surface area contributed by atoms with Crippen molar-refractivity contribution in [2.45, 2.75) is 36.2 Å². The fourth-order valence-electron chi connectivity index (χ4n) is 1.77. The molecule has 7 heteroatoms. The van der Waals surface area contributed by atoms with Gasteiger partial charge in [-0.05, 0) is 26.0 Å². The lowest BCUT2D eigenvalue weighted by Crippen LogP contribution is -2.14. The maximum Gasteiger partial charge on any atom is 0.227 e. The number of carbonyl (C=O) groups excluding carboxylic acids is 1. The molecule has 2 N–H and O–H groups in total. The van der Waals surface area contributed by atoms with Crippen molar-refractivity contribution in [3.05, 3.63) is 35.7 Å². The fraction of sp³-hybridized carbons (Fsp3) is 0.357. The van der Waals surface area contributed by atoms with Crippen molar-refractivity contribution < 1.29 is 4.79 Å². The molecule has 5 nitrogen and oxygen atoms in total. The van der Waals surface area contributed by atoms with Crippen molar-refractivity contribution in [2.75, 3.05) is 5.75 Å². The second-order valence-corrected chi connectivity index (χ2v) is 6.49. The van der Waals surface area contributed by atoms with Crippen LogP contribution in [0.5, 0.6) is 0 Å². The first-order valence-electron chi connectivity index (χ1n) is 6.62. The molecule has 0 unspecified atom stereocenters. The van der Waals surface area contributed by atoms with E-state index in [2.05, 4.69) is 41.4 Å². The Balaban J connectivity index is 2.02. The van der Waals surface area contributed by atoms with Gasteiger partial charge in [-0.15, -0.1) is 22.0 Å². The molecule has 0 spiro atoms. The fourth-order valence-corrected chi connectivity index (χ4v) is 3.37. The summed E-state index contributed by atoms with van der Waals surface area (Å²) in [5.74, 6) is 1.54. The largest absolute Gasteiger partial charge is 0.369 e. The smallest absolute Gasteiger partial charge is 0.227 e. The molecule has 1 heterocycles. The van der Waals surface area contributed by atoms with Crippen LogP contribution in [0.25, 0.3) is 0 Å². The van der Waals surface area contributed by atoms with Crippen molar-refractivity contribution in [3.63, 3.8) is 0 Å². The van der Waals surface area contributed by atoms with Crippen LogP contribution in [0.4, 0.5) is 0 Å². The minimum Gasteiger partial charge on any atom is -0.369 e. The Labute approximate surface area is 132 Å². The average Bonchev–Trinajstić information content (AvgIpc) is 2.86. The maximum absolute atomic E-state index is 10.9. The Morgan fingerprint density at radius 2 is 1.95 bits per heavy atom. The molecular formula is C14H18N4OS2. The van der Waals surface area contributed by atoms with Gasteiger partial charge in [0, 0.05) is 11.4 Å². The van der Waals surface area contributed by atoms with Gasteiger partial charge < -0.3 is 10.3 Å². The number of aromatic nitrogens is 3. The number of hydrogen-bond acceptors (Lipinski definition) is 5. The highest BCUT2D eigenvalue weighted by molar-refractivity contribution is 7.99. The number of nitrogens with two attached hydrogens (primary N) is 1. The van der Waals surface area contributed by atoms with Crippen molar-refractivity contribution >= 4 is 29.4 Å². The van der Waals surface area contributed by atoms with E-state index in [-0.39, 0.29) is 11.7 Å². The molecule has 0 fully saturated rings.